The van der Waals surface area contributed by atoms with Gasteiger partial charge >= 0.3 is 0 Å². The van der Waals surface area contributed by atoms with Crippen molar-refractivity contribution in [1.82, 2.24) is 19.6 Å². The second-order valence-electron chi connectivity index (χ2n) is 6.47. The molecule has 2 aromatic rings. The van der Waals surface area contributed by atoms with E-state index < -0.39 is 0 Å². The number of aromatic nitrogens is 2. The molecule has 0 spiro atoms. The zero-order valence-corrected chi connectivity index (χ0v) is 16.3. The van der Waals surface area contributed by atoms with E-state index in [2.05, 4.69) is 10.00 Å². The van der Waals surface area contributed by atoms with Crippen LogP contribution in [0.4, 0.5) is 0 Å². The lowest BCUT2D eigenvalue weighted by atomic mass is 10.1. The average Bonchev–Trinajstić information content (AvgIpc) is 3.11. The monoisotopic (exact) mass is 374 g/mol. The van der Waals surface area contributed by atoms with Gasteiger partial charge in [0.05, 0.1) is 33.1 Å². The third-order valence-corrected chi connectivity index (χ3v) is 4.76. The van der Waals surface area contributed by atoms with Crippen LogP contribution in [0.3, 0.4) is 0 Å². The fourth-order valence-electron chi connectivity index (χ4n) is 3.36. The summed E-state index contributed by atoms with van der Waals surface area (Å²) in [7, 11) is 6.53. The molecule has 3 rings (SSSR count). The van der Waals surface area contributed by atoms with Crippen molar-refractivity contribution < 1.29 is 19.0 Å². The second kappa shape index (κ2) is 8.30. The Hall–Kier alpha value is -2.74. The van der Waals surface area contributed by atoms with E-state index in [1.165, 1.54) is 19.8 Å². The molecule has 0 saturated carbocycles. The molecule has 1 fully saturated rings. The maximum absolute atomic E-state index is 13.0. The number of carbonyl (C=O) groups is 1. The Labute approximate surface area is 159 Å². The number of methoxy groups -OCH3 is 3. The number of aryl methyl sites for hydroxylation is 1. The van der Waals surface area contributed by atoms with Crippen LogP contribution in [0.2, 0.25) is 0 Å². The Morgan fingerprint density at radius 2 is 1.74 bits per heavy atom. The molecule has 0 atom stereocenters. The van der Waals surface area contributed by atoms with Gasteiger partial charge in [-0.25, -0.2) is 0 Å². The Kier molecular flexibility index (Phi) is 5.85. The van der Waals surface area contributed by atoms with Crippen molar-refractivity contribution in [1.29, 1.82) is 0 Å². The number of nitrogens with zero attached hydrogens (tertiary/aromatic N) is 4. The van der Waals surface area contributed by atoms with E-state index in [-0.39, 0.29) is 5.91 Å². The van der Waals surface area contributed by atoms with Gasteiger partial charge in [0.2, 0.25) is 5.75 Å². The number of piperazine rings is 1. The smallest absolute Gasteiger partial charge is 0.257 e. The predicted octanol–water partition coefficient (Wildman–Crippen LogP) is 1.40. The van der Waals surface area contributed by atoms with E-state index in [1.54, 1.807) is 23.9 Å². The summed E-state index contributed by atoms with van der Waals surface area (Å²) < 4.78 is 17.9. The molecule has 8 heteroatoms. The molecule has 1 aliphatic rings. The molecule has 0 aliphatic carbocycles. The lowest BCUT2D eigenvalue weighted by Crippen LogP contribution is -2.48. The van der Waals surface area contributed by atoms with Crippen molar-refractivity contribution in [3.63, 3.8) is 0 Å². The number of hydrogen-bond donors (Lipinski definition) is 0. The molecule has 1 saturated heterocycles. The third-order valence-electron chi connectivity index (χ3n) is 4.76. The van der Waals surface area contributed by atoms with E-state index in [0.29, 0.717) is 35.9 Å². The van der Waals surface area contributed by atoms with Gasteiger partial charge in [0.25, 0.3) is 5.91 Å². The van der Waals surface area contributed by atoms with Crippen molar-refractivity contribution in [2.45, 2.75) is 6.54 Å². The summed E-state index contributed by atoms with van der Waals surface area (Å²) in [4.78, 5) is 17.2. The van der Waals surface area contributed by atoms with Gasteiger partial charge in [0, 0.05) is 51.5 Å². The largest absolute Gasteiger partial charge is 0.493 e. The van der Waals surface area contributed by atoms with E-state index in [1.807, 2.05) is 24.3 Å². The highest BCUT2D eigenvalue weighted by Crippen LogP contribution is 2.40. The number of amides is 1. The molecular weight excluding hydrogens is 348 g/mol. The van der Waals surface area contributed by atoms with Crippen molar-refractivity contribution in [3.8, 4) is 17.2 Å². The van der Waals surface area contributed by atoms with E-state index in [9.17, 15) is 4.79 Å². The fraction of sp³-hybridized carbons (Fsp3) is 0.474. The van der Waals surface area contributed by atoms with Crippen LogP contribution in [0.1, 0.15) is 15.9 Å². The number of rotatable bonds is 6. The molecule has 0 unspecified atom stereocenters. The number of ether oxygens (including phenoxy) is 3. The maximum Gasteiger partial charge on any atom is 0.257 e. The van der Waals surface area contributed by atoms with Gasteiger partial charge in [-0.1, -0.05) is 0 Å². The van der Waals surface area contributed by atoms with Gasteiger partial charge in [0.15, 0.2) is 11.5 Å². The number of carbonyl (C=O) groups excluding carboxylic acids is 1. The van der Waals surface area contributed by atoms with Crippen LogP contribution in [0.25, 0.3) is 0 Å². The third kappa shape index (κ3) is 4.00. The highest BCUT2D eigenvalue weighted by molar-refractivity contribution is 5.98. The van der Waals surface area contributed by atoms with Crippen LogP contribution in [-0.2, 0) is 13.6 Å². The summed E-state index contributed by atoms with van der Waals surface area (Å²) in [6.45, 7) is 3.80. The standard InChI is InChI=1S/C19H26N4O4/c1-21-12-14(11-20-21)13-22-7-9-23(10-8-22)19(24)15-5-6-16(25-2)18(27-4)17(15)26-3/h5-6,11-12H,7-10,13H2,1-4H3. The summed E-state index contributed by atoms with van der Waals surface area (Å²) in [5, 5.41) is 4.20. The van der Waals surface area contributed by atoms with Crippen LogP contribution in [0.15, 0.2) is 24.5 Å². The molecule has 2 heterocycles. The molecular formula is C19H26N4O4. The van der Waals surface area contributed by atoms with Gasteiger partial charge in [0.1, 0.15) is 0 Å². The van der Waals surface area contributed by atoms with Crippen molar-refractivity contribution >= 4 is 5.91 Å². The highest BCUT2D eigenvalue weighted by Gasteiger charge is 2.27. The summed E-state index contributed by atoms with van der Waals surface area (Å²) in [5.74, 6) is 1.31. The highest BCUT2D eigenvalue weighted by atomic mass is 16.5. The van der Waals surface area contributed by atoms with E-state index in [4.69, 9.17) is 14.2 Å². The molecule has 27 heavy (non-hydrogen) atoms. The SMILES string of the molecule is COc1ccc(C(=O)N2CCN(Cc3cnn(C)c3)CC2)c(OC)c1OC. The molecule has 1 aromatic carbocycles. The summed E-state index contributed by atoms with van der Waals surface area (Å²) >= 11 is 0. The lowest BCUT2D eigenvalue weighted by molar-refractivity contribution is 0.0624. The molecule has 0 radical (unpaired) electrons. The Balaban J connectivity index is 1.68. The summed E-state index contributed by atoms with van der Waals surface area (Å²) in [6, 6.07) is 3.46. The van der Waals surface area contributed by atoms with Crippen molar-refractivity contribution in [3.05, 3.63) is 35.7 Å². The van der Waals surface area contributed by atoms with Crippen LogP contribution in [0, 0.1) is 0 Å². The first-order chi connectivity index (χ1) is 13.1. The second-order valence-corrected chi connectivity index (χ2v) is 6.47. The minimum absolute atomic E-state index is 0.0613. The first-order valence-corrected chi connectivity index (χ1v) is 8.85. The molecule has 0 N–H and O–H groups in total. The molecule has 146 valence electrons. The topological polar surface area (TPSA) is 69.1 Å². The molecule has 1 amide bonds. The first kappa shape index (κ1) is 19.0. The first-order valence-electron chi connectivity index (χ1n) is 8.85. The maximum atomic E-state index is 13.0. The fourth-order valence-corrected chi connectivity index (χ4v) is 3.36. The Bertz CT molecular complexity index is 797. The summed E-state index contributed by atoms with van der Waals surface area (Å²) in [6.07, 6.45) is 3.90. The lowest BCUT2D eigenvalue weighted by Gasteiger charge is -2.34. The van der Waals surface area contributed by atoms with Crippen LogP contribution in [-0.4, -0.2) is 73.0 Å². The van der Waals surface area contributed by atoms with Gasteiger partial charge in [-0.05, 0) is 12.1 Å². The number of benzene rings is 1. The van der Waals surface area contributed by atoms with E-state index >= 15 is 0 Å². The van der Waals surface area contributed by atoms with Crippen LogP contribution < -0.4 is 14.2 Å². The predicted molar refractivity (Wildman–Crippen MR) is 100 cm³/mol. The summed E-state index contributed by atoms with van der Waals surface area (Å²) in [5.41, 5.74) is 1.66. The van der Waals surface area contributed by atoms with Gasteiger partial charge in [-0.15, -0.1) is 0 Å². The molecule has 8 nitrogen and oxygen atoms in total. The van der Waals surface area contributed by atoms with Gasteiger partial charge in [-0.2, -0.15) is 5.10 Å². The molecule has 0 bridgehead atoms. The van der Waals surface area contributed by atoms with E-state index in [0.717, 1.165) is 19.6 Å². The van der Waals surface area contributed by atoms with Gasteiger partial charge in [-0.3, -0.25) is 14.4 Å². The minimum atomic E-state index is -0.0613. The average molecular weight is 374 g/mol. The zero-order valence-electron chi connectivity index (χ0n) is 16.3. The normalized spacial score (nSPS) is 14.9. The minimum Gasteiger partial charge on any atom is -0.493 e. The Morgan fingerprint density at radius 1 is 1.04 bits per heavy atom. The quantitative estimate of drug-likeness (QED) is 0.761. The Morgan fingerprint density at radius 3 is 2.30 bits per heavy atom. The van der Waals surface area contributed by atoms with Crippen LogP contribution >= 0.6 is 0 Å². The zero-order chi connectivity index (χ0) is 19.4. The molecule has 1 aliphatic heterocycles. The number of hydrogen-bond acceptors (Lipinski definition) is 6. The molecule has 1 aromatic heterocycles. The van der Waals surface area contributed by atoms with Crippen molar-refractivity contribution in [2.24, 2.45) is 7.05 Å². The van der Waals surface area contributed by atoms with Crippen molar-refractivity contribution in [2.75, 3.05) is 47.5 Å². The van der Waals surface area contributed by atoms with Crippen LogP contribution in [0.5, 0.6) is 17.2 Å². The van der Waals surface area contributed by atoms with Gasteiger partial charge < -0.3 is 19.1 Å².